The van der Waals surface area contributed by atoms with Gasteiger partial charge in [-0.3, -0.25) is 4.79 Å². The van der Waals surface area contributed by atoms with Crippen LogP contribution in [0, 0.1) is 5.92 Å². The van der Waals surface area contributed by atoms with Gasteiger partial charge in [-0.2, -0.15) is 0 Å². The van der Waals surface area contributed by atoms with Crippen molar-refractivity contribution in [2.45, 2.75) is 26.2 Å². The highest BCUT2D eigenvalue weighted by Gasteiger charge is 2.22. The van der Waals surface area contributed by atoms with Gasteiger partial charge < -0.3 is 10.2 Å². The summed E-state index contributed by atoms with van der Waals surface area (Å²) in [6, 6.07) is 3.69. The molecule has 0 unspecified atom stereocenters. The van der Waals surface area contributed by atoms with E-state index in [1.807, 2.05) is 20.0 Å². The number of anilines is 1. The first-order chi connectivity index (χ1) is 8.70. The minimum absolute atomic E-state index is 0.0185. The summed E-state index contributed by atoms with van der Waals surface area (Å²) in [4.78, 5) is 18.1. The lowest BCUT2D eigenvalue weighted by molar-refractivity contribution is 0.0739. The van der Waals surface area contributed by atoms with Crippen molar-refractivity contribution in [2.24, 2.45) is 5.92 Å². The lowest BCUT2D eigenvalue weighted by Crippen LogP contribution is -2.34. The maximum atomic E-state index is 12.1. The summed E-state index contributed by atoms with van der Waals surface area (Å²) < 4.78 is 0. The standard InChI is InChI=1S/C14H21N3O/c1-3-15-12-7-8-13(16-9-12)14(18)17(2)10-11-5-4-6-11/h7-9,11,15H,3-6,10H2,1-2H3. The van der Waals surface area contributed by atoms with Crippen molar-refractivity contribution in [1.82, 2.24) is 9.88 Å². The Labute approximate surface area is 108 Å². The SMILES string of the molecule is CCNc1ccc(C(=O)N(C)CC2CCC2)nc1. The molecular formula is C14H21N3O. The van der Waals surface area contributed by atoms with Gasteiger partial charge in [-0.05, 0) is 37.8 Å². The fraction of sp³-hybridized carbons (Fsp3) is 0.571. The van der Waals surface area contributed by atoms with Crippen LogP contribution in [-0.4, -0.2) is 35.9 Å². The molecule has 1 amide bonds. The number of aromatic nitrogens is 1. The van der Waals surface area contributed by atoms with Crippen LogP contribution in [0.5, 0.6) is 0 Å². The summed E-state index contributed by atoms with van der Waals surface area (Å²) in [5.74, 6) is 0.713. The average Bonchev–Trinajstić information content (AvgIpc) is 2.34. The second kappa shape index (κ2) is 5.85. The van der Waals surface area contributed by atoms with Gasteiger partial charge in [0.25, 0.3) is 5.91 Å². The van der Waals surface area contributed by atoms with Crippen molar-refractivity contribution in [3.05, 3.63) is 24.0 Å². The van der Waals surface area contributed by atoms with Crippen LogP contribution in [0.25, 0.3) is 0 Å². The van der Waals surface area contributed by atoms with Crippen LogP contribution in [0.1, 0.15) is 36.7 Å². The summed E-state index contributed by atoms with van der Waals surface area (Å²) in [6.45, 7) is 3.75. The highest BCUT2D eigenvalue weighted by molar-refractivity contribution is 5.92. The van der Waals surface area contributed by atoms with Crippen molar-refractivity contribution < 1.29 is 4.79 Å². The molecule has 0 spiro atoms. The van der Waals surface area contributed by atoms with E-state index in [1.165, 1.54) is 19.3 Å². The highest BCUT2D eigenvalue weighted by atomic mass is 16.2. The monoisotopic (exact) mass is 247 g/mol. The van der Waals surface area contributed by atoms with Gasteiger partial charge in [-0.1, -0.05) is 6.42 Å². The van der Waals surface area contributed by atoms with E-state index in [1.54, 1.807) is 17.2 Å². The molecule has 98 valence electrons. The maximum Gasteiger partial charge on any atom is 0.272 e. The molecule has 1 aromatic heterocycles. The molecule has 0 radical (unpaired) electrons. The van der Waals surface area contributed by atoms with Crippen molar-refractivity contribution in [1.29, 1.82) is 0 Å². The number of hydrogen-bond acceptors (Lipinski definition) is 3. The Morgan fingerprint density at radius 3 is 2.78 bits per heavy atom. The third kappa shape index (κ3) is 3.00. The molecule has 0 bridgehead atoms. The molecule has 2 rings (SSSR count). The minimum atomic E-state index is 0.0185. The average molecular weight is 247 g/mol. The number of pyridine rings is 1. The van der Waals surface area contributed by atoms with E-state index < -0.39 is 0 Å². The molecule has 1 fully saturated rings. The van der Waals surface area contributed by atoms with E-state index in [0.29, 0.717) is 11.6 Å². The van der Waals surface area contributed by atoms with Crippen molar-refractivity contribution in [2.75, 3.05) is 25.5 Å². The fourth-order valence-electron chi connectivity index (χ4n) is 2.17. The van der Waals surface area contributed by atoms with Crippen molar-refractivity contribution >= 4 is 11.6 Å². The number of nitrogens with one attached hydrogen (secondary N) is 1. The third-order valence-electron chi connectivity index (χ3n) is 3.47. The zero-order valence-electron chi connectivity index (χ0n) is 11.1. The van der Waals surface area contributed by atoms with E-state index in [0.717, 1.165) is 18.8 Å². The molecule has 0 saturated heterocycles. The fourth-order valence-corrected chi connectivity index (χ4v) is 2.17. The van der Waals surface area contributed by atoms with Crippen LogP contribution in [0.3, 0.4) is 0 Å². The molecule has 1 N–H and O–H groups in total. The summed E-state index contributed by atoms with van der Waals surface area (Å²) in [5.41, 5.74) is 1.48. The summed E-state index contributed by atoms with van der Waals surface area (Å²) >= 11 is 0. The lowest BCUT2D eigenvalue weighted by Gasteiger charge is -2.29. The van der Waals surface area contributed by atoms with E-state index >= 15 is 0 Å². The smallest absolute Gasteiger partial charge is 0.272 e. The van der Waals surface area contributed by atoms with E-state index in [9.17, 15) is 4.79 Å². The number of carbonyl (C=O) groups is 1. The maximum absolute atomic E-state index is 12.1. The lowest BCUT2D eigenvalue weighted by atomic mass is 9.85. The molecule has 1 aliphatic carbocycles. The van der Waals surface area contributed by atoms with Crippen LogP contribution in [-0.2, 0) is 0 Å². The molecule has 0 atom stereocenters. The molecular weight excluding hydrogens is 226 g/mol. The van der Waals surface area contributed by atoms with Gasteiger partial charge >= 0.3 is 0 Å². The van der Waals surface area contributed by atoms with Crippen LogP contribution in [0.4, 0.5) is 5.69 Å². The number of nitrogens with zero attached hydrogens (tertiary/aromatic N) is 2. The Balaban J connectivity index is 1.94. The van der Waals surface area contributed by atoms with E-state index in [-0.39, 0.29) is 5.91 Å². The zero-order valence-corrected chi connectivity index (χ0v) is 11.1. The number of rotatable bonds is 5. The molecule has 0 aromatic carbocycles. The van der Waals surface area contributed by atoms with Crippen molar-refractivity contribution in [3.63, 3.8) is 0 Å². The first-order valence-corrected chi connectivity index (χ1v) is 6.66. The topological polar surface area (TPSA) is 45.2 Å². The Morgan fingerprint density at radius 2 is 2.28 bits per heavy atom. The molecule has 4 nitrogen and oxygen atoms in total. The molecule has 1 saturated carbocycles. The Kier molecular flexibility index (Phi) is 4.18. The molecule has 0 aliphatic heterocycles. The quantitative estimate of drug-likeness (QED) is 0.869. The molecule has 1 aliphatic rings. The van der Waals surface area contributed by atoms with E-state index in [2.05, 4.69) is 10.3 Å². The Hall–Kier alpha value is -1.58. The summed E-state index contributed by atoms with van der Waals surface area (Å²) in [5, 5.41) is 3.17. The van der Waals surface area contributed by atoms with Gasteiger partial charge in [0.05, 0.1) is 11.9 Å². The Morgan fingerprint density at radius 1 is 1.50 bits per heavy atom. The van der Waals surface area contributed by atoms with Gasteiger partial charge in [-0.15, -0.1) is 0 Å². The van der Waals surface area contributed by atoms with Crippen molar-refractivity contribution in [3.8, 4) is 0 Å². The van der Waals surface area contributed by atoms with E-state index in [4.69, 9.17) is 0 Å². The second-order valence-corrected chi connectivity index (χ2v) is 4.95. The van der Waals surface area contributed by atoms with Gasteiger partial charge in [0.1, 0.15) is 5.69 Å². The zero-order chi connectivity index (χ0) is 13.0. The van der Waals surface area contributed by atoms with Crippen LogP contribution < -0.4 is 5.32 Å². The number of amides is 1. The van der Waals surface area contributed by atoms with Crippen LogP contribution in [0.15, 0.2) is 18.3 Å². The predicted molar refractivity (Wildman–Crippen MR) is 72.7 cm³/mol. The van der Waals surface area contributed by atoms with Gasteiger partial charge in [0.15, 0.2) is 0 Å². The first kappa shape index (κ1) is 12.9. The minimum Gasteiger partial charge on any atom is -0.384 e. The highest BCUT2D eigenvalue weighted by Crippen LogP contribution is 2.27. The molecule has 1 heterocycles. The van der Waals surface area contributed by atoms with Crippen LogP contribution >= 0.6 is 0 Å². The van der Waals surface area contributed by atoms with Gasteiger partial charge in [0.2, 0.25) is 0 Å². The second-order valence-electron chi connectivity index (χ2n) is 4.95. The molecule has 4 heteroatoms. The molecule has 1 aromatic rings. The van der Waals surface area contributed by atoms with Crippen LogP contribution in [0.2, 0.25) is 0 Å². The van der Waals surface area contributed by atoms with Gasteiger partial charge in [0, 0.05) is 20.1 Å². The number of hydrogen-bond donors (Lipinski definition) is 1. The summed E-state index contributed by atoms with van der Waals surface area (Å²) in [6.07, 6.45) is 5.53. The predicted octanol–water partition coefficient (Wildman–Crippen LogP) is 2.39. The third-order valence-corrected chi connectivity index (χ3v) is 3.47. The normalized spacial score (nSPS) is 15.0. The largest absolute Gasteiger partial charge is 0.384 e. The molecule has 18 heavy (non-hydrogen) atoms. The Bertz CT molecular complexity index is 398. The number of carbonyl (C=O) groups excluding carboxylic acids is 1. The summed E-state index contributed by atoms with van der Waals surface area (Å²) in [7, 11) is 1.86. The van der Waals surface area contributed by atoms with Gasteiger partial charge in [-0.25, -0.2) is 4.98 Å². The first-order valence-electron chi connectivity index (χ1n) is 6.66.